The Labute approximate surface area is 99.4 Å². The summed E-state index contributed by atoms with van der Waals surface area (Å²) in [5, 5.41) is 2.60. The fourth-order valence-corrected chi connectivity index (χ4v) is 1.74. The highest BCUT2D eigenvalue weighted by molar-refractivity contribution is 5.97. The van der Waals surface area contributed by atoms with Gasteiger partial charge in [0, 0.05) is 19.0 Å². The van der Waals surface area contributed by atoms with E-state index in [4.69, 9.17) is 5.73 Å². The smallest absolute Gasteiger partial charge is 0.251 e. The van der Waals surface area contributed by atoms with Crippen LogP contribution < -0.4 is 11.1 Å². The van der Waals surface area contributed by atoms with Gasteiger partial charge in [0.25, 0.3) is 5.91 Å². The molecule has 0 aliphatic carbocycles. The number of nitrogens with zero attached hydrogens (tertiary/aromatic N) is 1. The molecule has 2 aromatic rings. The number of fused-ring (bicyclic) bond motifs is 1. The summed E-state index contributed by atoms with van der Waals surface area (Å²) in [5.41, 5.74) is 7.86. The highest BCUT2D eigenvalue weighted by atomic mass is 16.1. The second-order valence-corrected chi connectivity index (χ2v) is 3.89. The lowest BCUT2D eigenvalue weighted by Crippen LogP contribution is -2.17. The molecule has 0 saturated heterocycles. The maximum absolute atomic E-state index is 11.5. The van der Waals surface area contributed by atoms with E-state index in [1.54, 1.807) is 13.1 Å². The Morgan fingerprint density at radius 1 is 1.53 bits per heavy atom. The predicted molar refractivity (Wildman–Crippen MR) is 66.9 cm³/mol. The molecule has 1 aromatic carbocycles. The summed E-state index contributed by atoms with van der Waals surface area (Å²) in [6.07, 6.45) is 1.74. The minimum atomic E-state index is -0.0926. The number of hydrogen-bond donors (Lipinski definition) is 3. The molecule has 1 heterocycles. The van der Waals surface area contributed by atoms with Crippen LogP contribution in [0.5, 0.6) is 0 Å². The average Bonchev–Trinajstić information content (AvgIpc) is 2.76. The van der Waals surface area contributed by atoms with Gasteiger partial charge >= 0.3 is 0 Å². The first-order valence-electron chi connectivity index (χ1n) is 5.65. The maximum atomic E-state index is 11.5. The molecule has 0 radical (unpaired) electrons. The third kappa shape index (κ3) is 2.45. The van der Waals surface area contributed by atoms with E-state index >= 15 is 0 Å². The molecule has 90 valence electrons. The number of carbonyl (C=O) groups is 1. The lowest BCUT2D eigenvalue weighted by Gasteiger charge is -1.98. The van der Waals surface area contributed by atoms with Crippen LogP contribution in [0.25, 0.3) is 11.0 Å². The van der Waals surface area contributed by atoms with Gasteiger partial charge in [-0.1, -0.05) is 0 Å². The average molecular weight is 232 g/mol. The van der Waals surface area contributed by atoms with Crippen molar-refractivity contribution in [1.29, 1.82) is 0 Å². The van der Waals surface area contributed by atoms with Crippen LogP contribution in [0.3, 0.4) is 0 Å². The van der Waals surface area contributed by atoms with Gasteiger partial charge in [0.2, 0.25) is 0 Å². The second-order valence-electron chi connectivity index (χ2n) is 3.89. The van der Waals surface area contributed by atoms with E-state index in [0.717, 1.165) is 29.7 Å². The third-order valence-corrected chi connectivity index (χ3v) is 2.64. The van der Waals surface area contributed by atoms with Gasteiger partial charge in [-0.15, -0.1) is 0 Å². The fourth-order valence-electron chi connectivity index (χ4n) is 1.74. The normalized spacial score (nSPS) is 10.7. The fraction of sp³-hybridized carbons (Fsp3) is 0.333. The highest BCUT2D eigenvalue weighted by Crippen LogP contribution is 2.14. The van der Waals surface area contributed by atoms with E-state index in [0.29, 0.717) is 12.1 Å². The molecule has 5 heteroatoms. The van der Waals surface area contributed by atoms with E-state index < -0.39 is 0 Å². The Morgan fingerprint density at radius 2 is 2.35 bits per heavy atom. The molecule has 0 aliphatic rings. The number of hydrogen-bond acceptors (Lipinski definition) is 3. The van der Waals surface area contributed by atoms with Crippen molar-refractivity contribution in [2.75, 3.05) is 13.6 Å². The molecule has 0 saturated carbocycles. The first-order valence-corrected chi connectivity index (χ1v) is 5.65. The van der Waals surface area contributed by atoms with Crippen molar-refractivity contribution in [2.24, 2.45) is 5.73 Å². The minimum Gasteiger partial charge on any atom is -0.355 e. The van der Waals surface area contributed by atoms with Gasteiger partial charge in [-0.3, -0.25) is 4.79 Å². The number of rotatable bonds is 4. The number of nitrogens with one attached hydrogen (secondary N) is 2. The van der Waals surface area contributed by atoms with Crippen molar-refractivity contribution in [3.8, 4) is 0 Å². The second kappa shape index (κ2) is 4.97. The number of aromatic nitrogens is 2. The molecular formula is C12H16N4O. The number of H-pyrrole nitrogens is 1. The van der Waals surface area contributed by atoms with Gasteiger partial charge in [-0.2, -0.15) is 0 Å². The first-order chi connectivity index (χ1) is 8.24. The molecule has 0 aliphatic heterocycles. The summed E-state index contributed by atoms with van der Waals surface area (Å²) >= 11 is 0. The lowest BCUT2D eigenvalue weighted by atomic mass is 10.2. The van der Waals surface area contributed by atoms with Crippen LogP contribution in [-0.2, 0) is 6.42 Å². The summed E-state index contributed by atoms with van der Waals surface area (Å²) in [6, 6.07) is 5.43. The van der Waals surface area contributed by atoms with Crippen LogP contribution in [0.4, 0.5) is 0 Å². The molecule has 4 N–H and O–H groups in total. The monoisotopic (exact) mass is 232 g/mol. The van der Waals surface area contributed by atoms with E-state index in [1.807, 2.05) is 12.1 Å². The number of carbonyl (C=O) groups excluding carboxylic acids is 1. The van der Waals surface area contributed by atoms with Gasteiger partial charge in [0.1, 0.15) is 5.82 Å². The topological polar surface area (TPSA) is 83.8 Å². The summed E-state index contributed by atoms with van der Waals surface area (Å²) in [7, 11) is 1.62. The quantitative estimate of drug-likeness (QED) is 0.729. The number of nitrogens with two attached hydrogens (primary N) is 1. The minimum absolute atomic E-state index is 0.0926. The Morgan fingerprint density at radius 3 is 3.06 bits per heavy atom. The number of imidazole rings is 1. The van der Waals surface area contributed by atoms with E-state index in [1.165, 1.54) is 0 Å². The molecule has 2 rings (SSSR count). The zero-order valence-corrected chi connectivity index (χ0v) is 9.79. The Balaban J connectivity index is 2.31. The maximum Gasteiger partial charge on any atom is 0.251 e. The van der Waals surface area contributed by atoms with Crippen LogP contribution in [-0.4, -0.2) is 29.5 Å². The molecule has 1 amide bonds. The van der Waals surface area contributed by atoms with E-state index in [9.17, 15) is 4.79 Å². The zero-order valence-electron chi connectivity index (χ0n) is 9.79. The lowest BCUT2D eigenvalue weighted by molar-refractivity contribution is 0.0963. The Kier molecular flexibility index (Phi) is 3.39. The molecule has 0 bridgehead atoms. The van der Waals surface area contributed by atoms with Crippen molar-refractivity contribution in [2.45, 2.75) is 12.8 Å². The van der Waals surface area contributed by atoms with Crippen molar-refractivity contribution >= 4 is 16.9 Å². The predicted octanol–water partition coefficient (Wildman–Crippen LogP) is 0.814. The summed E-state index contributed by atoms with van der Waals surface area (Å²) in [4.78, 5) is 19.1. The standard InChI is InChI=1S/C12H16N4O/c1-14-12(17)8-4-5-9-10(7-8)16-11(15-9)3-2-6-13/h4-5,7H,2-3,6,13H2,1H3,(H,14,17)(H,15,16). The number of amides is 1. The molecule has 0 unspecified atom stereocenters. The van der Waals surface area contributed by atoms with E-state index in [-0.39, 0.29) is 5.91 Å². The summed E-state index contributed by atoms with van der Waals surface area (Å²) < 4.78 is 0. The molecule has 5 nitrogen and oxygen atoms in total. The number of aromatic amines is 1. The van der Waals surface area contributed by atoms with Gasteiger partial charge in [0.15, 0.2) is 0 Å². The van der Waals surface area contributed by atoms with Crippen molar-refractivity contribution in [1.82, 2.24) is 15.3 Å². The van der Waals surface area contributed by atoms with E-state index in [2.05, 4.69) is 15.3 Å². The Bertz CT molecular complexity index is 532. The van der Waals surface area contributed by atoms with Crippen LogP contribution in [0.2, 0.25) is 0 Å². The summed E-state index contributed by atoms with van der Waals surface area (Å²) in [5.74, 6) is 0.824. The van der Waals surface area contributed by atoms with Crippen molar-refractivity contribution < 1.29 is 4.79 Å². The SMILES string of the molecule is CNC(=O)c1ccc2nc(CCCN)[nH]c2c1. The molecule has 17 heavy (non-hydrogen) atoms. The van der Waals surface area contributed by atoms with Gasteiger partial charge in [-0.05, 0) is 31.2 Å². The number of benzene rings is 1. The third-order valence-electron chi connectivity index (χ3n) is 2.64. The van der Waals surface area contributed by atoms with Crippen molar-refractivity contribution in [3.63, 3.8) is 0 Å². The molecule has 0 fully saturated rings. The number of aryl methyl sites for hydroxylation is 1. The van der Waals surface area contributed by atoms with Crippen LogP contribution in [0, 0.1) is 0 Å². The largest absolute Gasteiger partial charge is 0.355 e. The van der Waals surface area contributed by atoms with Crippen LogP contribution in [0.15, 0.2) is 18.2 Å². The first kappa shape index (κ1) is 11.6. The van der Waals surface area contributed by atoms with Gasteiger partial charge in [-0.25, -0.2) is 4.98 Å². The van der Waals surface area contributed by atoms with Crippen molar-refractivity contribution in [3.05, 3.63) is 29.6 Å². The van der Waals surface area contributed by atoms with Crippen LogP contribution >= 0.6 is 0 Å². The molecular weight excluding hydrogens is 216 g/mol. The zero-order chi connectivity index (χ0) is 12.3. The highest BCUT2D eigenvalue weighted by Gasteiger charge is 2.07. The van der Waals surface area contributed by atoms with Gasteiger partial charge < -0.3 is 16.0 Å². The molecule has 0 atom stereocenters. The molecule has 0 spiro atoms. The Hall–Kier alpha value is -1.88. The molecule has 1 aromatic heterocycles. The van der Waals surface area contributed by atoms with Crippen LogP contribution in [0.1, 0.15) is 22.6 Å². The van der Waals surface area contributed by atoms with Gasteiger partial charge in [0.05, 0.1) is 11.0 Å². The summed E-state index contributed by atoms with van der Waals surface area (Å²) in [6.45, 7) is 0.653.